The van der Waals surface area contributed by atoms with Gasteiger partial charge < -0.3 is 24.9 Å². The van der Waals surface area contributed by atoms with Crippen molar-refractivity contribution in [1.29, 1.82) is 0 Å². The number of benzene rings is 3. The van der Waals surface area contributed by atoms with Crippen LogP contribution in [0.4, 0.5) is 0 Å². The summed E-state index contributed by atoms with van der Waals surface area (Å²) in [5.41, 5.74) is 2.62. The van der Waals surface area contributed by atoms with Gasteiger partial charge in [-0.1, -0.05) is 72.8 Å². The number of para-hydroxylation sites is 2. The Morgan fingerprint density at radius 2 is 1.52 bits per heavy atom. The number of amides is 2. The number of carbonyl (C=O) groups excluding carboxylic acids is 2. The molecule has 3 N–H and O–H groups in total. The smallest absolute Gasteiger partial charge is 0.243 e. The molecular weight excluding hydrogens is 582 g/mol. The molecule has 3 aromatic carbocycles. The van der Waals surface area contributed by atoms with Crippen molar-refractivity contribution in [3.63, 3.8) is 0 Å². The molecule has 3 atom stereocenters. The maximum absolute atomic E-state index is 13.8. The van der Waals surface area contributed by atoms with Gasteiger partial charge >= 0.3 is 0 Å². The van der Waals surface area contributed by atoms with E-state index < -0.39 is 51.5 Å². The monoisotopic (exact) mass is 619 g/mol. The van der Waals surface area contributed by atoms with Crippen molar-refractivity contribution < 1.29 is 32.3 Å². The summed E-state index contributed by atoms with van der Waals surface area (Å²) in [5, 5.41) is 16.9. The molecule has 0 bridgehead atoms. The molecule has 0 spiro atoms. The molecule has 1 aromatic heterocycles. The van der Waals surface area contributed by atoms with Crippen LogP contribution in [0.25, 0.3) is 11.1 Å². The fourth-order valence-electron chi connectivity index (χ4n) is 5.32. The lowest BCUT2D eigenvalue weighted by atomic mass is 9.98. The Balaban J connectivity index is 1.38. The summed E-state index contributed by atoms with van der Waals surface area (Å²) in [6.45, 7) is 0.832. The minimum atomic E-state index is -3.83. The molecule has 10 nitrogen and oxygen atoms in total. The van der Waals surface area contributed by atoms with Crippen LogP contribution in [0.15, 0.2) is 89.3 Å². The number of nitrogens with one attached hydrogen (secondary N) is 2. The summed E-state index contributed by atoms with van der Waals surface area (Å²) in [4.78, 5) is 31.4. The molecule has 1 aliphatic rings. The van der Waals surface area contributed by atoms with Crippen molar-refractivity contribution >= 4 is 32.8 Å². The highest BCUT2D eigenvalue weighted by Crippen LogP contribution is 2.25. The summed E-state index contributed by atoms with van der Waals surface area (Å²) in [6.07, 6.45) is 0.435. The zero-order chi connectivity index (χ0) is 30.9. The first-order chi connectivity index (χ1) is 21.3. The fraction of sp³-hybridized carbons (Fsp3) is 0.364. The topological polar surface area (TPSA) is 148 Å². The van der Waals surface area contributed by atoms with Crippen LogP contribution in [0, 0.1) is 5.92 Å². The van der Waals surface area contributed by atoms with E-state index in [1.807, 2.05) is 30.3 Å². The van der Waals surface area contributed by atoms with Gasteiger partial charge in [0.15, 0.2) is 21.5 Å². The van der Waals surface area contributed by atoms with Crippen LogP contribution in [0.3, 0.4) is 0 Å². The van der Waals surface area contributed by atoms with Gasteiger partial charge in [0.25, 0.3) is 0 Å². The van der Waals surface area contributed by atoms with E-state index in [4.69, 9.17) is 9.15 Å². The first kappa shape index (κ1) is 31.4. The summed E-state index contributed by atoms with van der Waals surface area (Å²) in [7, 11) is -3.83. The molecule has 2 amide bonds. The molecule has 5 rings (SSSR count). The van der Waals surface area contributed by atoms with Crippen molar-refractivity contribution in [2.24, 2.45) is 5.92 Å². The second kappa shape index (κ2) is 14.6. The van der Waals surface area contributed by atoms with Crippen molar-refractivity contribution in [2.45, 2.75) is 49.6 Å². The maximum Gasteiger partial charge on any atom is 0.243 e. The van der Waals surface area contributed by atoms with Gasteiger partial charge in [-0.2, -0.15) is 0 Å². The number of nitrogens with zero attached hydrogens (tertiary/aromatic N) is 1. The molecule has 0 saturated carbocycles. The van der Waals surface area contributed by atoms with Crippen LogP contribution >= 0.6 is 0 Å². The first-order valence-corrected chi connectivity index (χ1v) is 16.6. The third-order valence-electron chi connectivity index (χ3n) is 7.73. The predicted molar refractivity (Wildman–Crippen MR) is 165 cm³/mol. The van der Waals surface area contributed by atoms with Crippen LogP contribution in [-0.2, 0) is 36.3 Å². The molecule has 44 heavy (non-hydrogen) atoms. The Morgan fingerprint density at radius 1 is 0.886 bits per heavy atom. The Kier molecular flexibility index (Phi) is 10.4. The van der Waals surface area contributed by atoms with Gasteiger partial charge in [0.1, 0.15) is 11.6 Å². The standard InChI is InChI=1S/C33H37N3O7S/c37-30(33-36-26-13-7-8-14-29(26)43-33)27(16-15-23-9-3-1-4-10-23)34-32(39)28(35-31(38)25-17-19-42-20-18-25)22-44(40,41)21-24-11-5-2-6-12-24/h1-14,25,27-28,30,37H,15-22H2,(H,34,39)(H,35,38)/t27-,28-,30?/m0/s1. The lowest BCUT2D eigenvalue weighted by Gasteiger charge is -2.27. The van der Waals surface area contributed by atoms with Gasteiger partial charge in [-0.15, -0.1) is 0 Å². The van der Waals surface area contributed by atoms with Crippen molar-refractivity contribution in [3.05, 3.63) is 102 Å². The molecule has 0 radical (unpaired) electrons. The number of carbonyl (C=O) groups is 2. The van der Waals surface area contributed by atoms with Gasteiger partial charge in [-0.25, -0.2) is 13.4 Å². The largest absolute Gasteiger partial charge is 0.438 e. The summed E-state index contributed by atoms with van der Waals surface area (Å²) < 4.78 is 37.8. The average molecular weight is 620 g/mol. The second-order valence-electron chi connectivity index (χ2n) is 11.1. The second-order valence-corrected chi connectivity index (χ2v) is 13.2. The van der Waals surface area contributed by atoms with Crippen LogP contribution in [-0.4, -0.2) is 61.4 Å². The number of fused-ring (bicyclic) bond motifs is 1. The van der Waals surface area contributed by atoms with E-state index in [9.17, 15) is 23.1 Å². The van der Waals surface area contributed by atoms with Gasteiger partial charge in [0.2, 0.25) is 17.7 Å². The van der Waals surface area contributed by atoms with Crippen LogP contribution in [0.2, 0.25) is 0 Å². The number of rotatable bonds is 13. The van der Waals surface area contributed by atoms with Crippen LogP contribution in [0.1, 0.15) is 42.4 Å². The fourth-order valence-corrected chi connectivity index (χ4v) is 6.88. The number of hydrogen-bond acceptors (Lipinski definition) is 8. The minimum Gasteiger partial charge on any atom is -0.438 e. The average Bonchev–Trinajstić information content (AvgIpc) is 3.48. The quantitative estimate of drug-likeness (QED) is 0.206. The molecule has 2 heterocycles. The molecule has 4 aromatic rings. The molecule has 11 heteroatoms. The van der Waals surface area contributed by atoms with Gasteiger partial charge in [0, 0.05) is 19.1 Å². The molecule has 1 aliphatic heterocycles. The number of ether oxygens (including phenoxy) is 1. The lowest BCUT2D eigenvalue weighted by Crippen LogP contribution is -2.55. The van der Waals surface area contributed by atoms with E-state index in [2.05, 4.69) is 15.6 Å². The highest BCUT2D eigenvalue weighted by atomic mass is 32.2. The molecule has 1 unspecified atom stereocenters. The van der Waals surface area contributed by atoms with Crippen LogP contribution < -0.4 is 10.6 Å². The Bertz CT molecular complexity index is 1600. The molecule has 1 saturated heterocycles. The van der Waals surface area contributed by atoms with Crippen molar-refractivity contribution in [3.8, 4) is 0 Å². The number of aromatic nitrogens is 1. The van der Waals surface area contributed by atoms with Crippen molar-refractivity contribution in [2.75, 3.05) is 19.0 Å². The molecule has 0 aliphatic carbocycles. The number of aliphatic hydroxyl groups excluding tert-OH is 1. The zero-order valence-electron chi connectivity index (χ0n) is 24.3. The van der Waals surface area contributed by atoms with E-state index in [0.29, 0.717) is 55.6 Å². The van der Waals surface area contributed by atoms with Gasteiger partial charge in [0.05, 0.1) is 17.5 Å². The summed E-state index contributed by atoms with van der Waals surface area (Å²) >= 11 is 0. The summed E-state index contributed by atoms with van der Waals surface area (Å²) in [5.74, 6) is -2.36. The number of oxazole rings is 1. The highest BCUT2D eigenvalue weighted by molar-refractivity contribution is 7.90. The highest BCUT2D eigenvalue weighted by Gasteiger charge is 2.34. The van der Waals surface area contributed by atoms with Crippen LogP contribution in [0.5, 0.6) is 0 Å². The first-order valence-electron chi connectivity index (χ1n) is 14.8. The summed E-state index contributed by atoms with van der Waals surface area (Å²) in [6, 6.07) is 23.1. The lowest BCUT2D eigenvalue weighted by molar-refractivity contribution is -0.133. The van der Waals surface area contributed by atoms with E-state index >= 15 is 0 Å². The van der Waals surface area contributed by atoms with E-state index in [1.165, 1.54) is 0 Å². The maximum atomic E-state index is 13.8. The minimum absolute atomic E-state index is 0.0315. The predicted octanol–water partition coefficient (Wildman–Crippen LogP) is 3.51. The van der Waals surface area contributed by atoms with Gasteiger partial charge in [-0.3, -0.25) is 9.59 Å². The molecular formula is C33H37N3O7S. The third-order valence-corrected chi connectivity index (χ3v) is 9.35. The third kappa shape index (κ3) is 8.52. The molecule has 232 valence electrons. The Hall–Kier alpha value is -4.06. The zero-order valence-corrected chi connectivity index (χ0v) is 25.1. The van der Waals surface area contributed by atoms with E-state index in [-0.39, 0.29) is 11.6 Å². The van der Waals surface area contributed by atoms with E-state index in [1.54, 1.807) is 54.6 Å². The molecule has 1 fully saturated rings. The number of aryl methyl sites for hydroxylation is 1. The normalized spacial score (nSPS) is 16.2. The number of sulfone groups is 1. The van der Waals surface area contributed by atoms with Gasteiger partial charge in [-0.05, 0) is 48.9 Å². The number of aliphatic hydroxyl groups is 1. The Morgan fingerprint density at radius 3 is 2.20 bits per heavy atom. The van der Waals surface area contributed by atoms with Crippen molar-refractivity contribution in [1.82, 2.24) is 15.6 Å². The Labute approximate surface area is 256 Å². The SMILES string of the molecule is O=C(N[C@@H](CS(=O)(=O)Cc1ccccc1)C(=O)N[C@@H](CCc1ccccc1)C(O)c1nc2ccccc2o1)C1CCOCC1. The van der Waals surface area contributed by atoms with E-state index in [0.717, 1.165) is 5.56 Å². The number of hydrogen-bond donors (Lipinski definition) is 3.